The molecule has 0 aliphatic carbocycles. The first-order valence-corrected chi connectivity index (χ1v) is 7.44. The molecule has 0 atom stereocenters. The number of nitrogens with one attached hydrogen (secondary N) is 2. The van der Waals surface area contributed by atoms with E-state index in [-0.39, 0.29) is 11.3 Å². The van der Waals surface area contributed by atoms with Gasteiger partial charge in [0.05, 0.1) is 17.8 Å². The van der Waals surface area contributed by atoms with E-state index >= 15 is 0 Å². The fraction of sp³-hybridized carbons (Fsp3) is 0.0769. The zero-order valence-corrected chi connectivity index (χ0v) is 12.9. The van der Waals surface area contributed by atoms with Gasteiger partial charge in [0.15, 0.2) is 0 Å². The summed E-state index contributed by atoms with van der Waals surface area (Å²) >= 11 is 4.82. The first-order valence-electron chi connectivity index (χ1n) is 5.77. The Morgan fingerprint density at radius 2 is 2.10 bits per heavy atom. The molecule has 5 nitrogen and oxygen atoms in total. The molecule has 2 amide bonds. The highest BCUT2D eigenvalue weighted by Gasteiger charge is 2.11. The van der Waals surface area contributed by atoms with E-state index in [4.69, 9.17) is 5.11 Å². The second-order valence-corrected chi connectivity index (χ2v) is 5.85. The van der Waals surface area contributed by atoms with Gasteiger partial charge in [0.1, 0.15) is 5.82 Å². The smallest absolute Gasteiger partial charge is 0.335 e. The summed E-state index contributed by atoms with van der Waals surface area (Å²) in [4.78, 5) is 23.3. The summed E-state index contributed by atoms with van der Waals surface area (Å²) in [6, 6.07) is 4.57. The third-order valence-corrected chi connectivity index (χ3v) is 4.49. The Morgan fingerprint density at radius 1 is 1.33 bits per heavy atom. The van der Waals surface area contributed by atoms with Crippen molar-refractivity contribution in [3.05, 3.63) is 50.4 Å². The molecule has 0 fully saturated rings. The number of carbonyl (C=O) groups excluding carboxylic acids is 1. The second-order valence-electron chi connectivity index (χ2n) is 4.00. The van der Waals surface area contributed by atoms with E-state index in [1.165, 1.54) is 23.5 Å². The van der Waals surface area contributed by atoms with E-state index in [9.17, 15) is 14.0 Å². The lowest BCUT2D eigenvalue weighted by molar-refractivity contribution is 0.0696. The molecule has 1 heterocycles. The summed E-state index contributed by atoms with van der Waals surface area (Å²) in [7, 11) is 0. The minimum Gasteiger partial charge on any atom is -0.478 e. The van der Waals surface area contributed by atoms with Gasteiger partial charge in [-0.05, 0) is 45.6 Å². The highest BCUT2D eigenvalue weighted by Crippen LogP contribution is 2.22. The average molecular weight is 373 g/mol. The van der Waals surface area contributed by atoms with Crippen LogP contribution in [-0.2, 0) is 6.54 Å². The van der Waals surface area contributed by atoms with Crippen molar-refractivity contribution >= 4 is 45.0 Å². The van der Waals surface area contributed by atoms with Gasteiger partial charge in [-0.2, -0.15) is 0 Å². The number of hydrogen-bond acceptors (Lipinski definition) is 3. The third kappa shape index (κ3) is 4.02. The van der Waals surface area contributed by atoms with E-state index in [0.29, 0.717) is 6.54 Å². The minimum absolute atomic E-state index is 0.0808. The maximum absolute atomic E-state index is 13.6. The predicted molar refractivity (Wildman–Crippen MR) is 81.2 cm³/mol. The predicted octanol–water partition coefficient (Wildman–Crippen LogP) is 3.67. The van der Waals surface area contributed by atoms with E-state index < -0.39 is 17.8 Å². The van der Waals surface area contributed by atoms with Crippen molar-refractivity contribution in [2.24, 2.45) is 0 Å². The highest BCUT2D eigenvalue weighted by atomic mass is 79.9. The van der Waals surface area contributed by atoms with Crippen LogP contribution in [0.15, 0.2) is 34.1 Å². The zero-order chi connectivity index (χ0) is 15.4. The van der Waals surface area contributed by atoms with Gasteiger partial charge < -0.3 is 15.7 Å². The van der Waals surface area contributed by atoms with E-state index in [1.54, 1.807) is 0 Å². The van der Waals surface area contributed by atoms with Crippen molar-refractivity contribution in [3.8, 4) is 0 Å². The van der Waals surface area contributed by atoms with Gasteiger partial charge in [0.2, 0.25) is 0 Å². The van der Waals surface area contributed by atoms with E-state index in [0.717, 1.165) is 15.4 Å². The minimum atomic E-state index is -1.23. The van der Waals surface area contributed by atoms with Crippen molar-refractivity contribution in [1.29, 1.82) is 0 Å². The first kappa shape index (κ1) is 15.5. The number of anilines is 1. The molecule has 2 aromatic rings. The number of carboxylic acids is 1. The lowest BCUT2D eigenvalue weighted by Crippen LogP contribution is -2.28. The molecule has 3 N–H and O–H groups in total. The van der Waals surface area contributed by atoms with Crippen molar-refractivity contribution in [1.82, 2.24) is 5.32 Å². The number of carboxylic acid groups (broad SMARTS) is 1. The SMILES string of the molecule is O=C(NCc1sccc1Br)Nc1ccc(C(=O)O)cc1F. The van der Waals surface area contributed by atoms with Crippen molar-refractivity contribution in [2.75, 3.05) is 5.32 Å². The Balaban J connectivity index is 1.96. The zero-order valence-electron chi connectivity index (χ0n) is 10.5. The molecule has 21 heavy (non-hydrogen) atoms. The number of aromatic carboxylic acids is 1. The molecule has 110 valence electrons. The van der Waals surface area contributed by atoms with Crippen LogP contribution in [-0.4, -0.2) is 17.1 Å². The van der Waals surface area contributed by atoms with Crippen LogP contribution in [0.4, 0.5) is 14.9 Å². The topological polar surface area (TPSA) is 78.4 Å². The molecular formula is C13H10BrFN2O3S. The van der Waals surface area contributed by atoms with Crippen LogP contribution in [0, 0.1) is 5.82 Å². The van der Waals surface area contributed by atoms with Crippen molar-refractivity contribution < 1.29 is 19.1 Å². The van der Waals surface area contributed by atoms with Crippen molar-refractivity contribution in [3.63, 3.8) is 0 Å². The number of hydrogen-bond donors (Lipinski definition) is 3. The fourth-order valence-electron chi connectivity index (χ4n) is 1.53. The van der Waals surface area contributed by atoms with E-state index in [1.807, 2.05) is 11.4 Å². The summed E-state index contributed by atoms with van der Waals surface area (Å²) in [5.41, 5.74) is -0.260. The first-order chi connectivity index (χ1) is 9.97. The van der Waals surface area contributed by atoms with Crippen LogP contribution in [0.25, 0.3) is 0 Å². The largest absolute Gasteiger partial charge is 0.478 e. The molecule has 0 aliphatic rings. The van der Waals surface area contributed by atoms with Gasteiger partial charge in [0.25, 0.3) is 0 Å². The molecule has 8 heteroatoms. The molecule has 0 spiro atoms. The van der Waals surface area contributed by atoms with Gasteiger partial charge in [-0.15, -0.1) is 11.3 Å². The molecule has 1 aromatic heterocycles. The normalized spacial score (nSPS) is 10.2. The number of halogens is 2. The lowest BCUT2D eigenvalue weighted by atomic mass is 10.2. The van der Waals surface area contributed by atoms with Crippen molar-refractivity contribution in [2.45, 2.75) is 6.54 Å². The van der Waals surface area contributed by atoms with Gasteiger partial charge in [-0.1, -0.05) is 0 Å². The van der Waals surface area contributed by atoms with Gasteiger partial charge in [-0.3, -0.25) is 0 Å². The molecule has 0 unspecified atom stereocenters. The number of carbonyl (C=O) groups is 2. The molecule has 0 saturated heterocycles. The van der Waals surface area contributed by atoms with Crippen LogP contribution in [0.2, 0.25) is 0 Å². The van der Waals surface area contributed by atoms with Crippen LogP contribution in [0.1, 0.15) is 15.2 Å². The van der Waals surface area contributed by atoms with Gasteiger partial charge in [0, 0.05) is 9.35 Å². The van der Waals surface area contributed by atoms with Gasteiger partial charge >= 0.3 is 12.0 Å². The monoisotopic (exact) mass is 372 g/mol. The van der Waals surface area contributed by atoms with Crippen LogP contribution in [0.5, 0.6) is 0 Å². The summed E-state index contributed by atoms with van der Waals surface area (Å²) < 4.78 is 14.5. The Morgan fingerprint density at radius 3 is 2.67 bits per heavy atom. The number of amides is 2. The molecular weight excluding hydrogens is 363 g/mol. The Kier molecular flexibility index (Phi) is 4.92. The average Bonchev–Trinajstić information content (AvgIpc) is 2.84. The fourth-order valence-corrected chi connectivity index (χ4v) is 2.96. The Labute approximate surface area is 131 Å². The van der Waals surface area contributed by atoms with E-state index in [2.05, 4.69) is 26.6 Å². The van der Waals surface area contributed by atoms with Crippen LogP contribution in [0.3, 0.4) is 0 Å². The summed E-state index contributed by atoms with van der Waals surface area (Å²) in [5.74, 6) is -2.03. The maximum Gasteiger partial charge on any atom is 0.335 e. The standard InChI is InChI=1S/C13H10BrFN2O3S/c14-8-3-4-21-11(8)6-16-13(20)17-10-2-1-7(12(18)19)5-9(10)15/h1-5H,6H2,(H,18,19)(H2,16,17,20). The van der Waals surface area contributed by atoms with Gasteiger partial charge in [-0.25, -0.2) is 14.0 Å². The number of benzene rings is 1. The lowest BCUT2D eigenvalue weighted by Gasteiger charge is -2.08. The summed E-state index contributed by atoms with van der Waals surface area (Å²) in [5, 5.41) is 15.5. The Bertz CT molecular complexity index is 690. The number of rotatable bonds is 4. The molecule has 0 aliphatic heterocycles. The molecule has 0 bridgehead atoms. The summed E-state index contributed by atoms with van der Waals surface area (Å²) in [6.07, 6.45) is 0. The maximum atomic E-state index is 13.6. The molecule has 2 rings (SSSR count). The number of urea groups is 1. The second kappa shape index (κ2) is 6.68. The molecule has 1 aromatic carbocycles. The van der Waals surface area contributed by atoms with Crippen LogP contribution < -0.4 is 10.6 Å². The number of thiophene rings is 1. The van der Waals surface area contributed by atoms with Crippen LogP contribution >= 0.6 is 27.3 Å². The quantitative estimate of drug-likeness (QED) is 0.765. The molecule has 0 radical (unpaired) electrons. The third-order valence-electron chi connectivity index (χ3n) is 2.56. The highest BCUT2D eigenvalue weighted by molar-refractivity contribution is 9.10. The Hall–Kier alpha value is -1.93. The summed E-state index contributed by atoms with van der Waals surface area (Å²) in [6.45, 7) is 0.304. The molecule has 0 saturated carbocycles.